The summed E-state index contributed by atoms with van der Waals surface area (Å²) in [5, 5.41) is 0. The summed E-state index contributed by atoms with van der Waals surface area (Å²) in [6, 6.07) is 8.19. The molecule has 0 spiro atoms. The number of nitrogens with one attached hydrogen (secondary N) is 1. The van der Waals surface area contributed by atoms with Crippen molar-refractivity contribution in [3.63, 3.8) is 0 Å². The van der Waals surface area contributed by atoms with E-state index in [-0.39, 0.29) is 10.6 Å². The minimum absolute atomic E-state index is 0.0113. The number of sulfonamides is 1. The molecular formula is C13H10FN3O2S2. The predicted molar refractivity (Wildman–Crippen MR) is 81.2 cm³/mol. The van der Waals surface area contributed by atoms with Crippen LogP contribution in [0.15, 0.2) is 46.8 Å². The van der Waals surface area contributed by atoms with Gasteiger partial charge in [-0.25, -0.2) is 17.8 Å². The second-order valence-electron chi connectivity index (χ2n) is 4.32. The molecule has 0 unspecified atom stereocenters. The molecule has 0 bridgehead atoms. The quantitative estimate of drug-likeness (QED) is 0.726. The summed E-state index contributed by atoms with van der Waals surface area (Å²) in [6.45, 7) is 0. The number of hydrogen-bond donors (Lipinski definition) is 2. The average Bonchev–Trinajstić information content (AvgIpc) is 2.88. The summed E-state index contributed by atoms with van der Waals surface area (Å²) in [4.78, 5) is 3.83. The number of benzene rings is 2. The molecule has 0 aliphatic carbocycles. The molecule has 0 saturated carbocycles. The molecule has 1 heterocycles. The van der Waals surface area contributed by atoms with Crippen LogP contribution in [0.4, 0.5) is 15.8 Å². The van der Waals surface area contributed by atoms with Gasteiger partial charge in [0, 0.05) is 0 Å². The lowest BCUT2D eigenvalue weighted by Crippen LogP contribution is -2.15. The van der Waals surface area contributed by atoms with Gasteiger partial charge >= 0.3 is 0 Å². The normalized spacial score (nSPS) is 11.7. The first-order valence-corrected chi connectivity index (χ1v) is 8.23. The third-order valence-corrected chi connectivity index (χ3v) is 5.08. The van der Waals surface area contributed by atoms with Crippen LogP contribution < -0.4 is 10.5 Å². The molecule has 0 fully saturated rings. The second kappa shape index (κ2) is 4.97. The first-order valence-electron chi connectivity index (χ1n) is 5.87. The predicted octanol–water partition coefficient (Wildman–Crippen LogP) is 2.82. The van der Waals surface area contributed by atoms with E-state index in [2.05, 4.69) is 9.71 Å². The van der Waals surface area contributed by atoms with Crippen molar-refractivity contribution in [3.05, 3.63) is 47.7 Å². The van der Waals surface area contributed by atoms with Crippen molar-refractivity contribution in [1.82, 2.24) is 4.98 Å². The largest absolute Gasteiger partial charge is 0.398 e. The van der Waals surface area contributed by atoms with Gasteiger partial charge in [-0.1, -0.05) is 0 Å². The maximum Gasteiger partial charge on any atom is 0.264 e. The van der Waals surface area contributed by atoms with Crippen molar-refractivity contribution in [1.29, 1.82) is 0 Å². The van der Waals surface area contributed by atoms with Crippen molar-refractivity contribution >= 4 is 43.0 Å². The van der Waals surface area contributed by atoms with E-state index in [4.69, 9.17) is 5.73 Å². The first-order chi connectivity index (χ1) is 9.95. The number of nitrogens with two attached hydrogens (primary N) is 1. The minimum Gasteiger partial charge on any atom is -0.398 e. The molecule has 2 aromatic carbocycles. The molecule has 0 radical (unpaired) electrons. The molecule has 0 amide bonds. The molecule has 3 aromatic rings. The maximum absolute atomic E-state index is 13.2. The molecule has 3 N–H and O–H groups in total. The Morgan fingerprint density at radius 1 is 1.19 bits per heavy atom. The van der Waals surface area contributed by atoms with Gasteiger partial charge in [-0.15, -0.1) is 11.3 Å². The van der Waals surface area contributed by atoms with E-state index in [1.807, 2.05) is 0 Å². The van der Waals surface area contributed by atoms with Crippen LogP contribution in [0.25, 0.3) is 10.2 Å². The van der Waals surface area contributed by atoms with Gasteiger partial charge in [-0.3, -0.25) is 4.72 Å². The van der Waals surface area contributed by atoms with Gasteiger partial charge < -0.3 is 5.73 Å². The Morgan fingerprint density at radius 3 is 2.81 bits per heavy atom. The van der Waals surface area contributed by atoms with Crippen LogP contribution in [0.3, 0.4) is 0 Å². The van der Waals surface area contributed by atoms with Crippen molar-refractivity contribution < 1.29 is 12.8 Å². The van der Waals surface area contributed by atoms with Gasteiger partial charge in [0.1, 0.15) is 10.7 Å². The van der Waals surface area contributed by atoms with E-state index in [1.54, 1.807) is 23.7 Å². The Labute approximate surface area is 124 Å². The smallest absolute Gasteiger partial charge is 0.264 e. The van der Waals surface area contributed by atoms with Crippen molar-refractivity contribution in [2.24, 2.45) is 0 Å². The third kappa shape index (κ3) is 2.67. The highest BCUT2D eigenvalue weighted by molar-refractivity contribution is 7.92. The standard InChI is InChI=1S/C13H10FN3O2S2/c14-8-1-3-10(15)13(5-8)21(18,19)17-9-2-4-11-12(6-9)20-7-16-11/h1-7,17H,15H2. The Hall–Kier alpha value is -2.19. The van der Waals surface area contributed by atoms with E-state index in [0.29, 0.717) is 5.69 Å². The van der Waals surface area contributed by atoms with Gasteiger partial charge in [0.25, 0.3) is 10.0 Å². The zero-order valence-corrected chi connectivity index (χ0v) is 12.2. The minimum atomic E-state index is -3.95. The Morgan fingerprint density at radius 2 is 2.00 bits per heavy atom. The van der Waals surface area contributed by atoms with Crippen LogP contribution in [-0.4, -0.2) is 13.4 Å². The highest BCUT2D eigenvalue weighted by Crippen LogP contribution is 2.26. The Balaban J connectivity index is 2.00. The van der Waals surface area contributed by atoms with Crippen molar-refractivity contribution in [2.75, 3.05) is 10.5 Å². The lowest BCUT2D eigenvalue weighted by molar-refractivity contribution is 0.596. The fraction of sp³-hybridized carbons (Fsp3) is 0. The molecule has 1 aromatic heterocycles. The van der Waals surface area contributed by atoms with Crippen LogP contribution in [-0.2, 0) is 10.0 Å². The molecule has 0 aliphatic rings. The highest BCUT2D eigenvalue weighted by Gasteiger charge is 2.18. The lowest BCUT2D eigenvalue weighted by atomic mass is 10.3. The molecule has 0 saturated heterocycles. The van der Waals surface area contributed by atoms with Crippen LogP contribution in [0, 0.1) is 5.82 Å². The molecule has 0 atom stereocenters. The second-order valence-corrected chi connectivity index (χ2v) is 6.86. The van der Waals surface area contributed by atoms with Crippen LogP contribution in [0.2, 0.25) is 0 Å². The van der Waals surface area contributed by atoms with Crippen molar-refractivity contribution in [3.8, 4) is 0 Å². The first kappa shape index (κ1) is 13.8. The average molecular weight is 323 g/mol. The monoisotopic (exact) mass is 323 g/mol. The van der Waals surface area contributed by atoms with Gasteiger partial charge in [0.05, 0.1) is 27.1 Å². The molecule has 3 rings (SSSR count). The number of anilines is 2. The maximum atomic E-state index is 13.2. The fourth-order valence-electron chi connectivity index (χ4n) is 1.87. The fourth-order valence-corrected chi connectivity index (χ4v) is 3.78. The number of nitrogen functional groups attached to an aromatic ring is 1. The highest BCUT2D eigenvalue weighted by atomic mass is 32.2. The van der Waals surface area contributed by atoms with Gasteiger partial charge in [-0.2, -0.15) is 0 Å². The third-order valence-electron chi connectivity index (χ3n) is 2.85. The van der Waals surface area contributed by atoms with E-state index < -0.39 is 15.8 Å². The summed E-state index contributed by atoms with van der Waals surface area (Å²) in [6.07, 6.45) is 0. The summed E-state index contributed by atoms with van der Waals surface area (Å²) in [5.74, 6) is -0.664. The zero-order chi connectivity index (χ0) is 15.0. The SMILES string of the molecule is Nc1ccc(F)cc1S(=O)(=O)Nc1ccc2ncsc2c1. The number of nitrogens with zero attached hydrogens (tertiary/aromatic N) is 1. The number of fused-ring (bicyclic) bond motifs is 1. The molecule has 8 heteroatoms. The molecule has 5 nitrogen and oxygen atoms in total. The number of hydrogen-bond acceptors (Lipinski definition) is 5. The molecular weight excluding hydrogens is 313 g/mol. The summed E-state index contributed by atoms with van der Waals surface area (Å²) in [5.41, 5.74) is 8.43. The summed E-state index contributed by atoms with van der Waals surface area (Å²) in [7, 11) is -3.95. The molecule has 108 valence electrons. The van der Waals surface area contributed by atoms with Gasteiger partial charge in [0.15, 0.2) is 0 Å². The number of rotatable bonds is 3. The molecule has 21 heavy (non-hydrogen) atoms. The Kier molecular flexibility index (Phi) is 3.26. The van der Waals surface area contributed by atoms with E-state index in [9.17, 15) is 12.8 Å². The zero-order valence-electron chi connectivity index (χ0n) is 10.6. The van der Waals surface area contributed by atoms with Crippen LogP contribution >= 0.6 is 11.3 Å². The lowest BCUT2D eigenvalue weighted by Gasteiger charge is -2.10. The van der Waals surface area contributed by atoms with E-state index >= 15 is 0 Å². The van der Waals surface area contributed by atoms with Gasteiger partial charge in [-0.05, 0) is 36.4 Å². The summed E-state index contributed by atoms with van der Waals surface area (Å²) >= 11 is 1.40. The number of thiazole rings is 1. The number of aromatic nitrogens is 1. The van der Waals surface area contributed by atoms with Crippen molar-refractivity contribution in [2.45, 2.75) is 4.90 Å². The van der Waals surface area contributed by atoms with Crippen LogP contribution in [0.1, 0.15) is 0 Å². The van der Waals surface area contributed by atoms with E-state index in [0.717, 1.165) is 22.3 Å². The van der Waals surface area contributed by atoms with Gasteiger partial charge in [0.2, 0.25) is 0 Å². The Bertz CT molecular complexity index is 922. The van der Waals surface area contributed by atoms with Crippen LogP contribution in [0.5, 0.6) is 0 Å². The number of halogens is 1. The topological polar surface area (TPSA) is 85.1 Å². The van der Waals surface area contributed by atoms with E-state index in [1.165, 1.54) is 17.4 Å². The molecule has 0 aliphatic heterocycles. The summed E-state index contributed by atoms with van der Waals surface area (Å²) < 4.78 is 41.0.